The molecule has 1 aromatic rings. The van der Waals surface area contributed by atoms with Gasteiger partial charge in [0, 0.05) is 37.8 Å². The van der Waals surface area contributed by atoms with Gasteiger partial charge in [0.2, 0.25) is 11.8 Å². The van der Waals surface area contributed by atoms with Crippen molar-refractivity contribution < 1.29 is 32.7 Å². The highest BCUT2D eigenvalue weighted by Gasteiger charge is 2.22. The highest BCUT2D eigenvalue weighted by molar-refractivity contribution is 7.54. The van der Waals surface area contributed by atoms with Gasteiger partial charge in [-0.25, -0.2) is 0 Å². The second-order valence-electron chi connectivity index (χ2n) is 9.60. The molecule has 0 saturated carbocycles. The minimum Gasteiger partial charge on any atom is -0.493 e. The molecule has 10 heteroatoms. The molecule has 0 aromatic heterocycles. The fourth-order valence-electron chi connectivity index (χ4n) is 4.60. The van der Waals surface area contributed by atoms with Crippen LogP contribution in [0.3, 0.4) is 0 Å². The molecule has 0 unspecified atom stereocenters. The molecule has 0 N–H and O–H groups in total. The summed E-state index contributed by atoms with van der Waals surface area (Å²) in [5.74, 6) is 1.45. The van der Waals surface area contributed by atoms with Gasteiger partial charge in [0.25, 0.3) is 0 Å². The van der Waals surface area contributed by atoms with Crippen molar-refractivity contribution in [3.8, 4) is 11.5 Å². The minimum atomic E-state index is -3.07. The number of para-hydroxylation sites is 1. The van der Waals surface area contributed by atoms with E-state index in [9.17, 15) is 14.2 Å². The van der Waals surface area contributed by atoms with E-state index >= 15 is 0 Å². The van der Waals surface area contributed by atoms with Crippen molar-refractivity contribution >= 4 is 25.5 Å². The van der Waals surface area contributed by atoms with Crippen LogP contribution in [0.15, 0.2) is 48.6 Å². The molecule has 2 fully saturated rings. The molecule has 1 aromatic carbocycles. The van der Waals surface area contributed by atoms with Crippen molar-refractivity contribution in [2.45, 2.75) is 52.4 Å². The standard InChI is InChI=1S/C18H23NO3.C13H24NO4P/c1-21-16-11-8-10-15(18(16)22-2)9-4-5-12-17(20)19-13-6-3-7-14-19;1-3-17-19(16,18-4-2)12-8-9-13(15)14-10-6-5-7-11-14/h4-5,8-12H,3,6-7,13-14H2,1-2H3;8-9H,3-7,10-12H2,1-2H3/b9-4+,12-5+;9-8+. The summed E-state index contributed by atoms with van der Waals surface area (Å²) in [6.45, 7) is 7.60. The lowest BCUT2D eigenvalue weighted by Crippen LogP contribution is -2.34. The fourth-order valence-corrected chi connectivity index (χ4v) is 6.03. The van der Waals surface area contributed by atoms with E-state index in [4.69, 9.17) is 18.5 Å². The summed E-state index contributed by atoms with van der Waals surface area (Å²) in [5.41, 5.74) is 0.914. The van der Waals surface area contributed by atoms with Gasteiger partial charge in [-0.1, -0.05) is 36.4 Å². The Labute approximate surface area is 245 Å². The number of likely N-dealkylation sites (tertiary alicyclic amines) is 2. The third kappa shape index (κ3) is 12.3. The van der Waals surface area contributed by atoms with Crippen molar-refractivity contribution in [2.75, 3.05) is 59.8 Å². The lowest BCUT2D eigenvalue weighted by atomic mass is 10.1. The smallest absolute Gasteiger partial charge is 0.334 e. The Bertz CT molecular complexity index is 1060. The van der Waals surface area contributed by atoms with E-state index in [0.29, 0.717) is 24.7 Å². The number of ether oxygens (including phenoxy) is 2. The van der Waals surface area contributed by atoms with Crippen LogP contribution in [-0.4, -0.2) is 81.4 Å². The van der Waals surface area contributed by atoms with Crippen LogP contribution in [0.5, 0.6) is 11.5 Å². The molecule has 0 spiro atoms. The molecule has 3 rings (SSSR count). The number of methoxy groups -OCH3 is 2. The normalized spacial score (nSPS) is 16.2. The van der Waals surface area contributed by atoms with Gasteiger partial charge in [-0.05, 0) is 64.5 Å². The predicted octanol–water partition coefficient (Wildman–Crippen LogP) is 6.11. The number of carbonyl (C=O) groups excluding carboxylic acids is 2. The van der Waals surface area contributed by atoms with Crippen LogP contribution in [0.25, 0.3) is 6.08 Å². The van der Waals surface area contributed by atoms with Gasteiger partial charge >= 0.3 is 7.60 Å². The van der Waals surface area contributed by atoms with E-state index in [0.717, 1.165) is 57.4 Å². The first-order chi connectivity index (χ1) is 19.9. The highest BCUT2D eigenvalue weighted by atomic mass is 31.2. The first kappa shape index (κ1) is 34.3. The maximum Gasteiger partial charge on any atom is 0.334 e. The third-order valence-corrected chi connectivity index (χ3v) is 8.60. The van der Waals surface area contributed by atoms with Gasteiger partial charge in [-0.3, -0.25) is 14.2 Å². The zero-order valence-electron chi connectivity index (χ0n) is 25.1. The molecular formula is C31H47N2O7P. The molecule has 0 aliphatic carbocycles. The summed E-state index contributed by atoms with van der Waals surface area (Å²) < 4.78 is 33.1. The van der Waals surface area contributed by atoms with E-state index in [1.807, 2.05) is 40.2 Å². The van der Waals surface area contributed by atoms with Crippen molar-refractivity contribution in [3.63, 3.8) is 0 Å². The Balaban J connectivity index is 0.000000290. The lowest BCUT2D eigenvalue weighted by molar-refractivity contribution is -0.127. The second kappa shape index (κ2) is 19.3. The highest BCUT2D eigenvalue weighted by Crippen LogP contribution is 2.47. The first-order valence-electron chi connectivity index (χ1n) is 14.6. The third-order valence-electron chi connectivity index (χ3n) is 6.64. The van der Waals surface area contributed by atoms with E-state index in [2.05, 4.69) is 0 Å². The van der Waals surface area contributed by atoms with E-state index in [1.165, 1.54) is 18.9 Å². The van der Waals surface area contributed by atoms with Gasteiger partial charge in [0.1, 0.15) is 0 Å². The Morgan fingerprint density at radius 3 is 1.88 bits per heavy atom. The number of carbonyl (C=O) groups is 2. The van der Waals surface area contributed by atoms with Crippen LogP contribution < -0.4 is 9.47 Å². The summed E-state index contributed by atoms with van der Waals surface area (Å²) in [7, 11) is 0.156. The second-order valence-corrected chi connectivity index (χ2v) is 11.7. The van der Waals surface area contributed by atoms with Crippen LogP contribution in [0.2, 0.25) is 0 Å². The summed E-state index contributed by atoms with van der Waals surface area (Å²) in [6.07, 6.45) is 17.1. The minimum absolute atomic E-state index is 0.0146. The maximum atomic E-state index is 12.2. The lowest BCUT2D eigenvalue weighted by Gasteiger charge is -2.25. The molecule has 9 nitrogen and oxygen atoms in total. The molecule has 228 valence electrons. The fraction of sp³-hybridized carbons (Fsp3) is 0.548. The largest absolute Gasteiger partial charge is 0.493 e. The summed E-state index contributed by atoms with van der Waals surface area (Å²) in [5, 5.41) is 0. The van der Waals surface area contributed by atoms with Crippen LogP contribution >= 0.6 is 7.60 Å². The molecule has 2 aliphatic rings. The van der Waals surface area contributed by atoms with Crippen molar-refractivity contribution in [3.05, 3.63) is 54.1 Å². The topological polar surface area (TPSA) is 94.6 Å². The van der Waals surface area contributed by atoms with Crippen molar-refractivity contribution in [2.24, 2.45) is 0 Å². The zero-order chi connectivity index (χ0) is 29.9. The first-order valence-corrected chi connectivity index (χ1v) is 16.3. The van der Waals surface area contributed by atoms with E-state index in [-0.39, 0.29) is 18.0 Å². The zero-order valence-corrected chi connectivity index (χ0v) is 26.0. The average Bonchev–Trinajstić information content (AvgIpc) is 3.00. The van der Waals surface area contributed by atoms with Gasteiger partial charge in [-0.15, -0.1) is 0 Å². The number of rotatable bonds is 12. The Hall–Kier alpha value is -2.87. The quantitative estimate of drug-likeness (QED) is 0.165. The van der Waals surface area contributed by atoms with E-state index in [1.54, 1.807) is 46.3 Å². The monoisotopic (exact) mass is 590 g/mol. The van der Waals surface area contributed by atoms with Crippen LogP contribution in [-0.2, 0) is 23.2 Å². The number of allylic oxidation sites excluding steroid dienone is 3. The predicted molar refractivity (Wildman–Crippen MR) is 163 cm³/mol. The van der Waals surface area contributed by atoms with Crippen molar-refractivity contribution in [1.29, 1.82) is 0 Å². The number of hydrogen-bond donors (Lipinski definition) is 0. The molecular weight excluding hydrogens is 543 g/mol. The number of benzene rings is 1. The number of piperidine rings is 2. The maximum absolute atomic E-state index is 12.2. The summed E-state index contributed by atoms with van der Waals surface area (Å²) in [6, 6.07) is 5.70. The van der Waals surface area contributed by atoms with Gasteiger partial charge in [-0.2, -0.15) is 0 Å². The average molecular weight is 591 g/mol. The van der Waals surface area contributed by atoms with Gasteiger partial charge in [0.15, 0.2) is 11.5 Å². The van der Waals surface area contributed by atoms with Crippen molar-refractivity contribution in [1.82, 2.24) is 9.80 Å². The molecule has 41 heavy (non-hydrogen) atoms. The summed E-state index contributed by atoms with van der Waals surface area (Å²) in [4.78, 5) is 27.6. The van der Waals surface area contributed by atoms with Crippen LogP contribution in [0.1, 0.15) is 57.9 Å². The Morgan fingerprint density at radius 1 is 0.805 bits per heavy atom. The molecule has 0 bridgehead atoms. The van der Waals surface area contributed by atoms with E-state index < -0.39 is 7.60 Å². The SMILES string of the molecule is CCOP(=O)(C/C=C/C(=O)N1CCCCC1)OCC.COc1cccc(/C=C/C=C/C(=O)N2CCCCC2)c1OC. The number of hydrogen-bond acceptors (Lipinski definition) is 7. The molecule has 2 heterocycles. The number of nitrogens with zero attached hydrogens (tertiary/aromatic N) is 2. The van der Waals surface area contributed by atoms with Crippen LogP contribution in [0, 0.1) is 0 Å². The van der Waals surface area contributed by atoms with Gasteiger partial charge in [0.05, 0.1) is 33.6 Å². The Kier molecular flexibility index (Phi) is 16.2. The Morgan fingerprint density at radius 2 is 1.37 bits per heavy atom. The molecule has 0 atom stereocenters. The molecule has 2 aliphatic heterocycles. The molecule has 0 radical (unpaired) electrons. The van der Waals surface area contributed by atoms with Gasteiger partial charge < -0.3 is 28.3 Å². The summed E-state index contributed by atoms with van der Waals surface area (Å²) >= 11 is 0. The van der Waals surface area contributed by atoms with Crippen LogP contribution in [0.4, 0.5) is 0 Å². The number of amides is 2. The molecule has 2 amide bonds. The molecule has 2 saturated heterocycles.